The van der Waals surface area contributed by atoms with Crippen LogP contribution in [0.2, 0.25) is 5.02 Å². The summed E-state index contributed by atoms with van der Waals surface area (Å²) in [7, 11) is 0. The van der Waals surface area contributed by atoms with Crippen molar-refractivity contribution in [3.8, 4) is 0 Å². The zero-order valence-electron chi connectivity index (χ0n) is 10.7. The van der Waals surface area contributed by atoms with Crippen LogP contribution >= 0.6 is 11.6 Å². The highest BCUT2D eigenvalue weighted by atomic mass is 35.5. The molecule has 2 aromatic rings. The summed E-state index contributed by atoms with van der Waals surface area (Å²) in [6, 6.07) is 12.0. The number of para-hydroxylation sites is 1. The second-order valence-electron chi connectivity index (χ2n) is 4.44. The first-order valence-corrected chi connectivity index (χ1v) is 6.47. The molecule has 0 saturated heterocycles. The van der Waals surface area contributed by atoms with Gasteiger partial charge in [0.2, 0.25) is 0 Å². The third-order valence-electron chi connectivity index (χ3n) is 2.97. The quantitative estimate of drug-likeness (QED) is 0.890. The van der Waals surface area contributed by atoms with Gasteiger partial charge in [0.25, 0.3) is 0 Å². The van der Waals surface area contributed by atoms with Crippen LogP contribution < -0.4 is 11.1 Å². The lowest BCUT2D eigenvalue weighted by molar-refractivity contribution is 0.593. The third kappa shape index (κ3) is 3.25. The molecule has 0 heterocycles. The van der Waals surface area contributed by atoms with E-state index in [1.807, 2.05) is 25.1 Å². The fraction of sp³-hybridized carbons (Fsp3) is 0.200. The van der Waals surface area contributed by atoms with E-state index in [2.05, 4.69) is 5.32 Å². The van der Waals surface area contributed by atoms with Gasteiger partial charge in [0.05, 0.1) is 16.8 Å². The monoisotopic (exact) mass is 278 g/mol. The zero-order chi connectivity index (χ0) is 13.8. The summed E-state index contributed by atoms with van der Waals surface area (Å²) in [6.45, 7) is 2.21. The van der Waals surface area contributed by atoms with E-state index in [9.17, 15) is 4.39 Å². The van der Waals surface area contributed by atoms with E-state index in [0.29, 0.717) is 10.6 Å². The molecule has 0 aliphatic carbocycles. The van der Waals surface area contributed by atoms with Crippen molar-refractivity contribution in [2.45, 2.75) is 13.0 Å². The van der Waals surface area contributed by atoms with E-state index in [4.69, 9.17) is 17.3 Å². The minimum absolute atomic E-state index is 0.263. The third-order valence-corrected chi connectivity index (χ3v) is 3.30. The second kappa shape index (κ2) is 6.04. The Hall–Kier alpha value is -1.58. The molecule has 19 heavy (non-hydrogen) atoms. The van der Waals surface area contributed by atoms with Crippen LogP contribution in [0.25, 0.3) is 0 Å². The van der Waals surface area contributed by atoms with Crippen LogP contribution in [0.3, 0.4) is 0 Å². The van der Waals surface area contributed by atoms with E-state index in [-0.39, 0.29) is 18.4 Å². The highest BCUT2D eigenvalue weighted by molar-refractivity contribution is 6.33. The van der Waals surface area contributed by atoms with Crippen LogP contribution in [0, 0.1) is 12.7 Å². The molecule has 2 rings (SSSR count). The van der Waals surface area contributed by atoms with Crippen molar-refractivity contribution in [2.24, 2.45) is 5.73 Å². The van der Waals surface area contributed by atoms with Gasteiger partial charge in [-0.2, -0.15) is 0 Å². The molecule has 2 aromatic carbocycles. The van der Waals surface area contributed by atoms with Gasteiger partial charge >= 0.3 is 0 Å². The van der Waals surface area contributed by atoms with Crippen molar-refractivity contribution in [1.29, 1.82) is 0 Å². The molecule has 3 N–H and O–H groups in total. The van der Waals surface area contributed by atoms with Crippen molar-refractivity contribution in [3.63, 3.8) is 0 Å². The van der Waals surface area contributed by atoms with Crippen molar-refractivity contribution in [1.82, 2.24) is 0 Å². The van der Waals surface area contributed by atoms with Crippen LogP contribution in [-0.4, -0.2) is 6.54 Å². The van der Waals surface area contributed by atoms with E-state index >= 15 is 0 Å². The van der Waals surface area contributed by atoms with Crippen LogP contribution in [0.5, 0.6) is 0 Å². The Morgan fingerprint density at radius 3 is 2.68 bits per heavy atom. The van der Waals surface area contributed by atoms with Gasteiger partial charge in [-0.25, -0.2) is 4.39 Å². The molecule has 0 aromatic heterocycles. The highest BCUT2D eigenvalue weighted by Gasteiger charge is 2.15. The summed E-state index contributed by atoms with van der Waals surface area (Å²) in [5, 5.41) is 3.78. The largest absolute Gasteiger partial charge is 0.376 e. The Morgan fingerprint density at radius 1 is 1.26 bits per heavy atom. The van der Waals surface area contributed by atoms with Crippen molar-refractivity contribution < 1.29 is 4.39 Å². The average molecular weight is 279 g/mol. The summed E-state index contributed by atoms with van der Waals surface area (Å²) in [4.78, 5) is 0. The number of hydrogen-bond donors (Lipinski definition) is 2. The first-order chi connectivity index (χ1) is 9.11. The lowest BCUT2D eigenvalue weighted by atomic mass is 10.0. The molecule has 0 spiro atoms. The Balaban J connectivity index is 2.30. The maximum absolute atomic E-state index is 13.9. The standard InChI is InChI=1S/C15H16ClFN2/c1-10-6-7-13(17)11(8-10)15(9-18)19-14-5-3-2-4-12(14)16/h2-8,15,19H,9,18H2,1H3. The van der Waals surface area contributed by atoms with Gasteiger partial charge in [-0.05, 0) is 25.1 Å². The van der Waals surface area contributed by atoms with Gasteiger partial charge in [-0.1, -0.05) is 41.4 Å². The van der Waals surface area contributed by atoms with Gasteiger partial charge in [-0.15, -0.1) is 0 Å². The van der Waals surface area contributed by atoms with Crippen molar-refractivity contribution >= 4 is 17.3 Å². The fourth-order valence-corrected chi connectivity index (χ4v) is 2.15. The Labute approximate surface area is 117 Å². The Morgan fingerprint density at radius 2 is 2.00 bits per heavy atom. The molecular formula is C15H16ClFN2. The molecule has 2 nitrogen and oxygen atoms in total. The van der Waals surface area contributed by atoms with Crippen LogP contribution in [0.4, 0.5) is 10.1 Å². The van der Waals surface area contributed by atoms with E-state index in [1.54, 1.807) is 18.2 Å². The van der Waals surface area contributed by atoms with Crippen LogP contribution in [-0.2, 0) is 0 Å². The summed E-state index contributed by atoms with van der Waals surface area (Å²) < 4.78 is 13.9. The fourth-order valence-electron chi connectivity index (χ4n) is 1.96. The molecule has 0 aliphatic rings. The predicted octanol–water partition coefficient (Wildman–Crippen LogP) is 3.90. The SMILES string of the molecule is Cc1ccc(F)c(C(CN)Nc2ccccc2Cl)c1. The summed E-state index contributed by atoms with van der Waals surface area (Å²) in [6.07, 6.45) is 0. The molecule has 0 fully saturated rings. The zero-order valence-corrected chi connectivity index (χ0v) is 11.4. The molecule has 1 unspecified atom stereocenters. The summed E-state index contributed by atoms with van der Waals surface area (Å²) >= 11 is 6.09. The normalized spacial score (nSPS) is 12.2. The minimum atomic E-state index is -0.306. The van der Waals surface area contributed by atoms with Gasteiger partial charge in [-0.3, -0.25) is 0 Å². The number of halogens is 2. The molecule has 1 atom stereocenters. The average Bonchev–Trinajstić information content (AvgIpc) is 2.41. The highest BCUT2D eigenvalue weighted by Crippen LogP contribution is 2.27. The van der Waals surface area contributed by atoms with E-state index in [1.165, 1.54) is 6.07 Å². The van der Waals surface area contributed by atoms with Crippen LogP contribution in [0.15, 0.2) is 42.5 Å². The summed E-state index contributed by atoms with van der Waals surface area (Å²) in [5.41, 5.74) is 8.05. The first kappa shape index (κ1) is 13.8. The molecule has 100 valence electrons. The maximum Gasteiger partial charge on any atom is 0.128 e. The molecular weight excluding hydrogens is 263 g/mol. The molecule has 0 amide bonds. The minimum Gasteiger partial charge on any atom is -0.376 e. The molecule has 0 bridgehead atoms. The Kier molecular flexibility index (Phi) is 4.40. The summed E-state index contributed by atoms with van der Waals surface area (Å²) in [5.74, 6) is -0.263. The number of anilines is 1. The van der Waals surface area contributed by atoms with Gasteiger partial charge in [0.15, 0.2) is 0 Å². The topological polar surface area (TPSA) is 38.0 Å². The maximum atomic E-state index is 13.9. The van der Waals surface area contributed by atoms with E-state index in [0.717, 1.165) is 11.3 Å². The van der Waals surface area contributed by atoms with E-state index < -0.39 is 0 Å². The number of aryl methyl sites for hydroxylation is 1. The number of nitrogens with one attached hydrogen (secondary N) is 1. The molecule has 0 radical (unpaired) electrons. The smallest absolute Gasteiger partial charge is 0.128 e. The predicted molar refractivity (Wildman–Crippen MR) is 78.0 cm³/mol. The van der Waals surface area contributed by atoms with Crippen LogP contribution in [0.1, 0.15) is 17.2 Å². The molecule has 0 aliphatic heterocycles. The number of hydrogen-bond acceptors (Lipinski definition) is 2. The van der Waals surface area contributed by atoms with Gasteiger partial charge < -0.3 is 11.1 Å². The molecule has 0 saturated carbocycles. The number of rotatable bonds is 4. The lowest BCUT2D eigenvalue weighted by Crippen LogP contribution is -2.22. The van der Waals surface area contributed by atoms with Gasteiger partial charge in [0, 0.05) is 12.1 Å². The first-order valence-electron chi connectivity index (χ1n) is 6.09. The molecule has 4 heteroatoms. The van der Waals surface area contributed by atoms with Gasteiger partial charge in [0.1, 0.15) is 5.82 Å². The van der Waals surface area contributed by atoms with Crippen molar-refractivity contribution in [2.75, 3.05) is 11.9 Å². The Bertz CT molecular complexity index is 572. The number of benzene rings is 2. The second-order valence-corrected chi connectivity index (χ2v) is 4.84. The number of nitrogens with two attached hydrogens (primary N) is 1. The van der Waals surface area contributed by atoms with Crippen molar-refractivity contribution in [3.05, 3.63) is 64.4 Å². The lowest BCUT2D eigenvalue weighted by Gasteiger charge is -2.20.